The van der Waals surface area contributed by atoms with Gasteiger partial charge in [0, 0.05) is 17.5 Å². The summed E-state index contributed by atoms with van der Waals surface area (Å²) in [5.41, 5.74) is 1.49. The van der Waals surface area contributed by atoms with Crippen molar-refractivity contribution >= 4 is 37.8 Å². The maximum Gasteiger partial charge on any atom is 0.273 e. The molecule has 1 fully saturated rings. The standard InChI is InChI=1S/C11H14N4O2S3/c16-20(17,15-11-14-13-7-18-11)10-4-3-9(19-10)5-6-12-8-1-2-8/h3-4,7-8,12H,1-2,5-6H2,(H,14,15). The van der Waals surface area contributed by atoms with Crippen LogP contribution in [0.3, 0.4) is 0 Å². The molecule has 1 aliphatic rings. The van der Waals surface area contributed by atoms with Gasteiger partial charge in [0.05, 0.1) is 0 Å². The molecule has 2 N–H and O–H groups in total. The van der Waals surface area contributed by atoms with Crippen LogP contribution in [0.1, 0.15) is 17.7 Å². The van der Waals surface area contributed by atoms with Gasteiger partial charge in [-0.15, -0.1) is 21.5 Å². The molecule has 108 valence electrons. The van der Waals surface area contributed by atoms with E-state index >= 15 is 0 Å². The second kappa shape index (κ2) is 5.76. The highest BCUT2D eigenvalue weighted by Crippen LogP contribution is 2.25. The minimum atomic E-state index is -3.54. The molecular formula is C11H14N4O2S3. The molecule has 3 rings (SSSR count). The summed E-state index contributed by atoms with van der Waals surface area (Å²) in [6.45, 7) is 0.897. The van der Waals surface area contributed by atoms with Crippen molar-refractivity contribution in [2.45, 2.75) is 29.5 Å². The molecule has 0 aromatic carbocycles. The quantitative estimate of drug-likeness (QED) is 0.807. The predicted octanol–water partition coefficient (Wildman–Crippen LogP) is 1.69. The monoisotopic (exact) mass is 330 g/mol. The minimum absolute atomic E-state index is 0.287. The largest absolute Gasteiger partial charge is 0.314 e. The van der Waals surface area contributed by atoms with Crippen molar-refractivity contribution in [1.29, 1.82) is 0 Å². The van der Waals surface area contributed by atoms with Gasteiger partial charge in [0.1, 0.15) is 9.72 Å². The molecule has 0 aliphatic heterocycles. The van der Waals surface area contributed by atoms with E-state index in [0.29, 0.717) is 10.3 Å². The smallest absolute Gasteiger partial charge is 0.273 e. The highest BCUT2D eigenvalue weighted by Gasteiger charge is 2.21. The molecule has 0 atom stereocenters. The Bertz CT molecular complexity index is 662. The summed E-state index contributed by atoms with van der Waals surface area (Å²) in [6.07, 6.45) is 3.38. The van der Waals surface area contributed by atoms with Gasteiger partial charge in [-0.3, -0.25) is 4.72 Å². The Hall–Kier alpha value is -1.03. The average molecular weight is 330 g/mol. The van der Waals surface area contributed by atoms with Gasteiger partial charge < -0.3 is 5.32 Å². The third kappa shape index (κ3) is 3.54. The fourth-order valence-electron chi connectivity index (χ4n) is 1.71. The van der Waals surface area contributed by atoms with Crippen LogP contribution in [0.2, 0.25) is 0 Å². The third-order valence-electron chi connectivity index (χ3n) is 2.87. The first-order valence-corrected chi connectivity index (χ1v) is 9.42. The Morgan fingerprint density at radius 2 is 2.20 bits per heavy atom. The van der Waals surface area contributed by atoms with E-state index in [2.05, 4.69) is 20.2 Å². The van der Waals surface area contributed by atoms with E-state index in [1.165, 1.54) is 29.7 Å². The van der Waals surface area contributed by atoms with Crippen LogP contribution >= 0.6 is 22.7 Å². The van der Waals surface area contributed by atoms with E-state index in [-0.39, 0.29) is 5.13 Å². The topological polar surface area (TPSA) is 84.0 Å². The van der Waals surface area contributed by atoms with Crippen molar-refractivity contribution in [1.82, 2.24) is 15.5 Å². The SMILES string of the molecule is O=S(=O)(Nc1nncs1)c1ccc(CCNC2CC2)s1. The summed E-state index contributed by atoms with van der Waals surface area (Å²) in [5.74, 6) is 0. The van der Waals surface area contributed by atoms with Crippen LogP contribution in [0.25, 0.3) is 0 Å². The maximum atomic E-state index is 12.1. The number of nitrogens with one attached hydrogen (secondary N) is 2. The van der Waals surface area contributed by atoms with Crippen LogP contribution in [0.5, 0.6) is 0 Å². The highest BCUT2D eigenvalue weighted by atomic mass is 32.2. The molecule has 0 spiro atoms. The van der Waals surface area contributed by atoms with Gasteiger partial charge in [-0.05, 0) is 31.4 Å². The average Bonchev–Trinajstić information content (AvgIpc) is 2.90. The Kier molecular flexibility index (Phi) is 4.01. The van der Waals surface area contributed by atoms with Crippen LogP contribution in [-0.2, 0) is 16.4 Å². The zero-order valence-electron chi connectivity index (χ0n) is 10.6. The zero-order chi connectivity index (χ0) is 14.0. The number of nitrogens with zero attached hydrogens (tertiary/aromatic N) is 2. The van der Waals surface area contributed by atoms with Gasteiger partial charge in [-0.1, -0.05) is 11.3 Å². The van der Waals surface area contributed by atoms with Crippen LogP contribution in [0, 0.1) is 0 Å². The maximum absolute atomic E-state index is 12.1. The first kappa shape index (κ1) is 13.9. The van der Waals surface area contributed by atoms with Crippen LogP contribution in [0.15, 0.2) is 21.9 Å². The summed E-state index contributed by atoms with van der Waals surface area (Å²) in [5, 5.41) is 11.0. The Morgan fingerprint density at radius 1 is 1.35 bits per heavy atom. The molecule has 0 unspecified atom stereocenters. The van der Waals surface area contributed by atoms with Crippen molar-refractivity contribution in [3.8, 4) is 0 Å². The molecule has 6 nitrogen and oxygen atoms in total. The fourth-order valence-corrected chi connectivity index (χ4v) is 4.75. The zero-order valence-corrected chi connectivity index (χ0v) is 13.0. The molecule has 20 heavy (non-hydrogen) atoms. The molecule has 0 amide bonds. The van der Waals surface area contributed by atoms with Gasteiger partial charge in [0.15, 0.2) is 0 Å². The van der Waals surface area contributed by atoms with Crippen molar-refractivity contribution < 1.29 is 8.42 Å². The molecule has 2 aromatic heterocycles. The van der Waals surface area contributed by atoms with Crippen LogP contribution < -0.4 is 10.0 Å². The summed E-state index contributed by atoms with van der Waals surface area (Å²) in [6, 6.07) is 4.19. The number of anilines is 1. The Labute approximate surface area is 125 Å². The minimum Gasteiger partial charge on any atom is -0.314 e. The van der Waals surface area contributed by atoms with Gasteiger partial charge in [0.2, 0.25) is 5.13 Å². The lowest BCUT2D eigenvalue weighted by molar-refractivity contribution is 0.603. The second-order valence-electron chi connectivity index (χ2n) is 4.55. The number of thiophene rings is 1. The molecule has 2 aromatic rings. The van der Waals surface area contributed by atoms with Gasteiger partial charge in [-0.25, -0.2) is 8.42 Å². The number of rotatable bonds is 7. The molecule has 1 aliphatic carbocycles. The molecule has 9 heteroatoms. The molecule has 0 bridgehead atoms. The van der Waals surface area contributed by atoms with E-state index in [9.17, 15) is 8.42 Å². The van der Waals surface area contributed by atoms with Gasteiger partial charge in [0.25, 0.3) is 10.0 Å². The first-order chi connectivity index (χ1) is 9.63. The molecule has 2 heterocycles. The van der Waals surface area contributed by atoms with E-state index < -0.39 is 10.0 Å². The second-order valence-corrected chi connectivity index (χ2v) is 8.46. The summed E-state index contributed by atoms with van der Waals surface area (Å²) in [7, 11) is -3.54. The van der Waals surface area contributed by atoms with Gasteiger partial charge in [-0.2, -0.15) is 0 Å². The molecule has 0 radical (unpaired) electrons. The van der Waals surface area contributed by atoms with E-state index in [4.69, 9.17) is 0 Å². The number of sulfonamides is 1. The summed E-state index contributed by atoms with van der Waals surface area (Å²) < 4.78 is 27.0. The summed E-state index contributed by atoms with van der Waals surface area (Å²) in [4.78, 5) is 1.07. The lowest BCUT2D eigenvalue weighted by Crippen LogP contribution is -2.18. The highest BCUT2D eigenvalue weighted by molar-refractivity contribution is 7.94. The molecular weight excluding hydrogens is 316 g/mol. The first-order valence-electron chi connectivity index (χ1n) is 6.24. The number of aromatic nitrogens is 2. The Balaban J connectivity index is 1.62. The predicted molar refractivity (Wildman–Crippen MR) is 79.8 cm³/mol. The molecule has 1 saturated carbocycles. The van der Waals surface area contributed by atoms with E-state index in [1.54, 1.807) is 6.07 Å². The van der Waals surface area contributed by atoms with Crippen molar-refractivity contribution in [3.63, 3.8) is 0 Å². The number of hydrogen-bond acceptors (Lipinski definition) is 7. The van der Waals surface area contributed by atoms with Crippen LogP contribution in [0.4, 0.5) is 5.13 Å². The normalized spacial score (nSPS) is 15.4. The van der Waals surface area contributed by atoms with Gasteiger partial charge >= 0.3 is 0 Å². The van der Waals surface area contributed by atoms with Crippen molar-refractivity contribution in [3.05, 3.63) is 22.5 Å². The lowest BCUT2D eigenvalue weighted by Gasteiger charge is -2.01. The Morgan fingerprint density at radius 3 is 2.90 bits per heavy atom. The number of hydrogen-bond donors (Lipinski definition) is 2. The third-order valence-corrected chi connectivity index (χ3v) is 6.58. The molecule has 0 saturated heterocycles. The fraction of sp³-hybridized carbons (Fsp3) is 0.455. The van der Waals surface area contributed by atoms with Crippen molar-refractivity contribution in [2.75, 3.05) is 11.3 Å². The summed E-state index contributed by atoms with van der Waals surface area (Å²) >= 11 is 2.46. The van der Waals surface area contributed by atoms with E-state index in [0.717, 1.165) is 29.2 Å². The van der Waals surface area contributed by atoms with Crippen molar-refractivity contribution in [2.24, 2.45) is 0 Å². The van der Waals surface area contributed by atoms with Crippen LogP contribution in [-0.4, -0.2) is 31.2 Å². The van der Waals surface area contributed by atoms with E-state index in [1.807, 2.05) is 6.07 Å². The lowest BCUT2D eigenvalue weighted by atomic mass is 10.3.